The molecule has 2 heteroatoms. The molecule has 0 bridgehead atoms. The van der Waals surface area contributed by atoms with Crippen LogP contribution in [0.4, 0.5) is 0 Å². The first-order valence-electron chi connectivity index (χ1n) is 3.51. The van der Waals surface area contributed by atoms with Gasteiger partial charge in [-0.3, -0.25) is 0 Å². The van der Waals surface area contributed by atoms with E-state index in [2.05, 4.69) is 29.5 Å². The zero-order valence-corrected chi connectivity index (χ0v) is 8.78. The summed E-state index contributed by atoms with van der Waals surface area (Å²) in [4.78, 5) is 0. The SMILES string of the molecule is CCCCC(Cl)CCI. The molecule has 0 saturated heterocycles. The van der Waals surface area contributed by atoms with Crippen molar-refractivity contribution < 1.29 is 0 Å². The fraction of sp³-hybridized carbons (Fsp3) is 1.00. The molecule has 0 N–H and O–H groups in total. The Morgan fingerprint density at radius 1 is 1.44 bits per heavy atom. The lowest BCUT2D eigenvalue weighted by atomic mass is 10.2. The minimum Gasteiger partial charge on any atom is -0.123 e. The molecule has 0 saturated carbocycles. The summed E-state index contributed by atoms with van der Waals surface area (Å²) in [5.74, 6) is 0. The molecule has 0 heterocycles. The molecule has 56 valence electrons. The summed E-state index contributed by atoms with van der Waals surface area (Å²) in [5, 5.41) is 0.432. The van der Waals surface area contributed by atoms with Gasteiger partial charge >= 0.3 is 0 Å². The van der Waals surface area contributed by atoms with Crippen molar-refractivity contribution >= 4 is 34.2 Å². The van der Waals surface area contributed by atoms with E-state index in [1.165, 1.54) is 30.1 Å². The van der Waals surface area contributed by atoms with Crippen molar-refractivity contribution in [1.29, 1.82) is 0 Å². The van der Waals surface area contributed by atoms with E-state index in [9.17, 15) is 0 Å². The van der Waals surface area contributed by atoms with E-state index >= 15 is 0 Å². The van der Waals surface area contributed by atoms with Crippen LogP contribution in [0, 0.1) is 0 Å². The van der Waals surface area contributed by atoms with Crippen molar-refractivity contribution in [2.45, 2.75) is 38.0 Å². The van der Waals surface area contributed by atoms with Crippen LogP contribution in [-0.4, -0.2) is 9.80 Å². The molecule has 0 aliphatic heterocycles. The molecule has 0 fully saturated rings. The molecule has 0 radical (unpaired) electrons. The molecular weight excluding hydrogens is 246 g/mol. The quantitative estimate of drug-likeness (QED) is 0.523. The third-order valence-corrected chi connectivity index (χ3v) is 2.35. The lowest BCUT2D eigenvalue weighted by Crippen LogP contribution is -1.97. The number of rotatable bonds is 5. The second-order valence-electron chi connectivity index (χ2n) is 2.22. The minimum atomic E-state index is 0.432. The standard InChI is InChI=1S/C7H14ClI/c1-2-3-4-7(8)5-6-9/h7H,2-6H2,1H3. The lowest BCUT2D eigenvalue weighted by molar-refractivity contribution is 0.669. The lowest BCUT2D eigenvalue weighted by Gasteiger charge is -2.04. The van der Waals surface area contributed by atoms with Crippen molar-refractivity contribution in [3.8, 4) is 0 Å². The first-order chi connectivity index (χ1) is 4.31. The zero-order chi connectivity index (χ0) is 7.11. The summed E-state index contributed by atoms with van der Waals surface area (Å²) >= 11 is 8.32. The van der Waals surface area contributed by atoms with Gasteiger partial charge in [0.1, 0.15) is 0 Å². The Bertz CT molecular complexity index is 56.9. The maximum absolute atomic E-state index is 5.95. The van der Waals surface area contributed by atoms with E-state index in [0.29, 0.717) is 5.38 Å². The molecule has 0 amide bonds. The van der Waals surface area contributed by atoms with Gasteiger partial charge in [-0.05, 0) is 12.8 Å². The van der Waals surface area contributed by atoms with Gasteiger partial charge in [-0.1, -0.05) is 42.4 Å². The molecule has 0 nitrogen and oxygen atoms in total. The maximum Gasteiger partial charge on any atom is 0.0343 e. The largest absolute Gasteiger partial charge is 0.123 e. The monoisotopic (exact) mass is 260 g/mol. The third kappa shape index (κ3) is 6.91. The second-order valence-corrected chi connectivity index (χ2v) is 3.91. The van der Waals surface area contributed by atoms with Gasteiger partial charge in [-0.15, -0.1) is 11.6 Å². The summed E-state index contributed by atoms with van der Waals surface area (Å²) in [6, 6.07) is 0. The Morgan fingerprint density at radius 2 is 2.11 bits per heavy atom. The van der Waals surface area contributed by atoms with Crippen LogP contribution in [0.1, 0.15) is 32.6 Å². The predicted octanol–water partition coefficient (Wildman–Crippen LogP) is 3.61. The summed E-state index contributed by atoms with van der Waals surface area (Å²) in [6.07, 6.45) is 4.92. The molecule has 0 spiro atoms. The normalized spacial score (nSPS) is 13.7. The van der Waals surface area contributed by atoms with Gasteiger partial charge in [0, 0.05) is 9.80 Å². The van der Waals surface area contributed by atoms with E-state index < -0.39 is 0 Å². The van der Waals surface area contributed by atoms with Gasteiger partial charge in [0.15, 0.2) is 0 Å². The van der Waals surface area contributed by atoms with Crippen LogP contribution >= 0.6 is 34.2 Å². The molecule has 9 heavy (non-hydrogen) atoms. The first kappa shape index (κ1) is 10.0. The highest BCUT2D eigenvalue weighted by molar-refractivity contribution is 14.1. The minimum absolute atomic E-state index is 0.432. The smallest absolute Gasteiger partial charge is 0.0343 e. The average Bonchev–Trinajstić information content (AvgIpc) is 1.85. The highest BCUT2D eigenvalue weighted by Gasteiger charge is 2.00. The molecule has 0 aliphatic rings. The number of halogens is 2. The molecule has 1 unspecified atom stereocenters. The Hall–Kier alpha value is 1.02. The number of hydrogen-bond donors (Lipinski definition) is 0. The summed E-state index contributed by atoms with van der Waals surface area (Å²) in [7, 11) is 0. The number of unbranched alkanes of at least 4 members (excludes halogenated alkanes) is 1. The summed E-state index contributed by atoms with van der Waals surface area (Å²) < 4.78 is 1.19. The van der Waals surface area contributed by atoms with E-state index in [4.69, 9.17) is 11.6 Å². The number of hydrogen-bond acceptors (Lipinski definition) is 0. The van der Waals surface area contributed by atoms with Gasteiger partial charge < -0.3 is 0 Å². The van der Waals surface area contributed by atoms with Gasteiger partial charge in [0.2, 0.25) is 0 Å². The Balaban J connectivity index is 2.95. The van der Waals surface area contributed by atoms with Crippen molar-refractivity contribution in [2.24, 2.45) is 0 Å². The Morgan fingerprint density at radius 3 is 2.56 bits per heavy atom. The van der Waals surface area contributed by atoms with Gasteiger partial charge in [-0.25, -0.2) is 0 Å². The van der Waals surface area contributed by atoms with Crippen molar-refractivity contribution in [2.75, 3.05) is 4.43 Å². The molecule has 1 atom stereocenters. The number of alkyl halides is 2. The molecule has 0 aromatic rings. The van der Waals surface area contributed by atoms with Gasteiger partial charge in [-0.2, -0.15) is 0 Å². The summed E-state index contributed by atoms with van der Waals surface area (Å²) in [6.45, 7) is 2.20. The molecule has 0 aromatic carbocycles. The molecule has 0 aromatic heterocycles. The zero-order valence-electron chi connectivity index (χ0n) is 5.87. The third-order valence-electron chi connectivity index (χ3n) is 1.29. The van der Waals surface area contributed by atoms with Crippen LogP contribution in [0.15, 0.2) is 0 Å². The fourth-order valence-electron chi connectivity index (χ4n) is 0.688. The van der Waals surface area contributed by atoms with Crippen LogP contribution in [0.3, 0.4) is 0 Å². The highest BCUT2D eigenvalue weighted by atomic mass is 127. The fourth-order valence-corrected chi connectivity index (χ4v) is 2.07. The molecule has 0 aliphatic carbocycles. The van der Waals surface area contributed by atoms with Crippen LogP contribution in [0.2, 0.25) is 0 Å². The Labute approximate surface area is 76.5 Å². The topological polar surface area (TPSA) is 0 Å². The summed E-state index contributed by atoms with van der Waals surface area (Å²) in [5.41, 5.74) is 0. The van der Waals surface area contributed by atoms with Crippen LogP contribution in [0.5, 0.6) is 0 Å². The van der Waals surface area contributed by atoms with E-state index in [1.54, 1.807) is 0 Å². The van der Waals surface area contributed by atoms with Crippen molar-refractivity contribution in [1.82, 2.24) is 0 Å². The van der Waals surface area contributed by atoms with Crippen molar-refractivity contribution in [3.05, 3.63) is 0 Å². The van der Waals surface area contributed by atoms with E-state index in [0.717, 1.165) is 0 Å². The average molecular weight is 261 g/mol. The predicted molar refractivity (Wildman–Crippen MR) is 52.7 cm³/mol. The Kier molecular flexibility index (Phi) is 7.94. The van der Waals surface area contributed by atoms with Crippen LogP contribution in [0.25, 0.3) is 0 Å². The van der Waals surface area contributed by atoms with Crippen molar-refractivity contribution in [3.63, 3.8) is 0 Å². The molecule has 0 rings (SSSR count). The van der Waals surface area contributed by atoms with E-state index in [1.807, 2.05) is 0 Å². The highest BCUT2D eigenvalue weighted by Crippen LogP contribution is 2.12. The second kappa shape index (κ2) is 7.13. The van der Waals surface area contributed by atoms with Gasteiger partial charge in [0.05, 0.1) is 0 Å². The van der Waals surface area contributed by atoms with E-state index in [-0.39, 0.29) is 0 Å². The van der Waals surface area contributed by atoms with Gasteiger partial charge in [0.25, 0.3) is 0 Å². The molecular formula is C7H14ClI. The van der Waals surface area contributed by atoms with Crippen LogP contribution in [-0.2, 0) is 0 Å². The van der Waals surface area contributed by atoms with Crippen LogP contribution < -0.4 is 0 Å². The maximum atomic E-state index is 5.95. The first-order valence-corrected chi connectivity index (χ1v) is 5.47.